The molecule has 3 aliphatic carbocycles. The van der Waals surface area contributed by atoms with Gasteiger partial charge >= 0.3 is 23.5 Å². The summed E-state index contributed by atoms with van der Waals surface area (Å²) >= 11 is 0. The molecule has 46 heteroatoms. The molecule has 3 aliphatic heterocycles. The summed E-state index contributed by atoms with van der Waals surface area (Å²) in [4.78, 5) is 91.3. The number of aliphatic hydroxyl groups is 2. The maximum absolute atomic E-state index is 13.6. The van der Waals surface area contributed by atoms with Gasteiger partial charge < -0.3 is 54.5 Å². The number of nitro benzene ring substituents is 1. The predicted molar refractivity (Wildman–Crippen MR) is 480 cm³/mol. The highest BCUT2D eigenvalue weighted by Crippen LogP contribution is 2.61. The number of phosphoric ester groups is 3. The summed E-state index contributed by atoms with van der Waals surface area (Å²) in [7, 11) is -13.3. The Morgan fingerprint density at radius 1 is 0.540 bits per heavy atom. The molecular formula is C80H111N19O21P4Si2. The summed E-state index contributed by atoms with van der Waals surface area (Å²) in [5.74, 6) is -0.834. The Hall–Kier alpha value is -9.39. The number of aromatic nitrogens is 15. The summed E-state index contributed by atoms with van der Waals surface area (Å²) in [6, 6.07) is 15.1. The second kappa shape index (κ2) is 40.1. The number of benzene rings is 1. The number of nitrogen functional groups attached to an aromatic ring is 3. The molecule has 40 nitrogen and oxygen atoms in total. The first kappa shape index (κ1) is 97.2. The van der Waals surface area contributed by atoms with Crippen molar-refractivity contribution in [3.8, 4) is 5.75 Å². The SMILES string of the molecule is C.C=C1C(n2cnc3c(=O)[nH]c(N)nc32)C[C@H](O)[C@H]1CO[P@]1(=O)OCC[C@H](c2ccncc2)O1.C=C1C(n2cnc3c(=O)[nH]c(N)nc32)C[C@H](O[Si](C)(C)C(C)(C)C)[C@H]1CO.C=C1C(n2cnc3c(=O)[nH]c(N)nc32)C[C@H](O[Si](C)(C)C(C)(C)C)[C@H]1CO[P@]1(=O)OCC[C@H](c2ccncc2)O1.CP.O=[N+]([O-])c1ccc(OP2(=O)OCC[C@H](c3ccncc3)O2)cc1. The number of imidazole rings is 3. The average Bonchev–Trinajstić information content (AvgIpc) is 1.61. The van der Waals surface area contributed by atoms with Crippen LogP contribution in [0, 0.1) is 27.9 Å². The first-order chi connectivity index (χ1) is 59.1. The van der Waals surface area contributed by atoms with Crippen LogP contribution in [0.3, 0.4) is 0 Å². The van der Waals surface area contributed by atoms with Gasteiger partial charge in [-0.1, -0.05) is 75.4 Å². The Morgan fingerprint density at radius 3 is 1.22 bits per heavy atom. The van der Waals surface area contributed by atoms with Crippen molar-refractivity contribution < 1.29 is 78.4 Å². The number of hydrogen-bond donors (Lipinski definition) is 8. The number of non-ortho nitro benzene ring substituents is 1. The zero-order valence-electron chi connectivity index (χ0n) is 71.1. The number of fused-ring (bicyclic) bond motifs is 3. The van der Waals surface area contributed by atoms with Crippen LogP contribution in [0.2, 0.25) is 36.3 Å². The Labute approximate surface area is 731 Å². The predicted octanol–water partition coefficient (Wildman–Crippen LogP) is 13.8. The largest absolute Gasteiger partial charge is 0.530 e. The molecule has 10 aromatic rings. The van der Waals surface area contributed by atoms with Crippen molar-refractivity contribution in [2.75, 3.05) is 63.5 Å². The van der Waals surface area contributed by atoms with Crippen molar-refractivity contribution in [3.05, 3.63) is 211 Å². The van der Waals surface area contributed by atoms with E-state index in [2.05, 4.69) is 157 Å². The second-order valence-corrected chi connectivity index (χ2v) is 47.8. The van der Waals surface area contributed by atoms with Crippen molar-refractivity contribution in [3.63, 3.8) is 0 Å². The molecule has 12 heterocycles. The molecule has 6 fully saturated rings. The number of nitrogens with two attached hydrogens (primary N) is 3. The number of nitro groups is 1. The maximum atomic E-state index is 13.6. The fraction of sp³-hybridized carbons (Fsp3) is 0.475. The number of H-pyrrole nitrogens is 3. The monoisotopic (exact) mass is 1850 g/mol. The van der Waals surface area contributed by atoms with Crippen LogP contribution in [0.5, 0.6) is 5.75 Å². The fourth-order valence-corrected chi connectivity index (χ4v) is 21.7. The van der Waals surface area contributed by atoms with Gasteiger partial charge in [-0.15, -0.1) is 9.24 Å². The van der Waals surface area contributed by atoms with E-state index in [1.54, 1.807) is 83.2 Å². The molecule has 0 amide bonds. The molecule has 680 valence electrons. The van der Waals surface area contributed by atoms with Crippen molar-refractivity contribution in [2.24, 2.45) is 17.8 Å². The summed E-state index contributed by atoms with van der Waals surface area (Å²) in [6.45, 7) is 37.1. The molecule has 126 heavy (non-hydrogen) atoms. The van der Waals surface area contributed by atoms with Crippen LogP contribution in [-0.2, 0) is 58.7 Å². The van der Waals surface area contributed by atoms with Gasteiger partial charge in [-0.3, -0.25) is 90.6 Å². The first-order valence-corrected chi connectivity index (χ1v) is 51.7. The summed E-state index contributed by atoms with van der Waals surface area (Å²) in [5, 5.41) is 31.3. The Bertz CT molecular complexity index is 5860. The van der Waals surface area contributed by atoms with Crippen LogP contribution < -0.4 is 38.4 Å². The molecule has 9 aromatic heterocycles. The zero-order chi connectivity index (χ0) is 90.5. The third-order valence-corrected chi connectivity index (χ3v) is 36.9. The summed E-state index contributed by atoms with van der Waals surface area (Å²) in [5.41, 5.74) is 22.4. The lowest BCUT2D eigenvalue weighted by molar-refractivity contribution is -0.384. The number of nitrogens with one attached hydrogen (secondary N) is 3. The number of hydrogen-bond acceptors (Lipinski definition) is 33. The van der Waals surface area contributed by atoms with E-state index in [9.17, 15) is 48.4 Å². The van der Waals surface area contributed by atoms with Crippen LogP contribution >= 0.6 is 32.7 Å². The Morgan fingerprint density at radius 2 is 0.865 bits per heavy atom. The third kappa shape index (κ3) is 22.1. The Kier molecular flexibility index (Phi) is 30.9. The molecule has 0 spiro atoms. The van der Waals surface area contributed by atoms with E-state index in [4.69, 9.17) is 66.8 Å². The van der Waals surface area contributed by atoms with Crippen LogP contribution in [0.1, 0.15) is 141 Å². The molecule has 0 bridgehead atoms. The molecule has 3 saturated carbocycles. The van der Waals surface area contributed by atoms with E-state index >= 15 is 0 Å². The molecule has 1 aromatic carbocycles. The van der Waals surface area contributed by atoms with Crippen LogP contribution in [0.4, 0.5) is 23.5 Å². The van der Waals surface area contributed by atoms with E-state index < -0.39 is 92.5 Å². The minimum absolute atomic E-state index is 0. The van der Waals surface area contributed by atoms with Gasteiger partial charge in [0.25, 0.3) is 22.4 Å². The molecule has 3 saturated heterocycles. The molecule has 11 N–H and O–H groups in total. The molecule has 5 unspecified atom stereocenters. The number of aromatic amines is 3. The van der Waals surface area contributed by atoms with Crippen LogP contribution in [0.15, 0.2) is 168 Å². The number of pyridine rings is 3. The molecule has 16 rings (SSSR count). The number of nitrogens with zero attached hydrogens (tertiary/aromatic N) is 13. The van der Waals surface area contributed by atoms with Crippen molar-refractivity contribution in [2.45, 2.75) is 179 Å². The van der Waals surface area contributed by atoms with Crippen molar-refractivity contribution in [1.82, 2.24) is 73.5 Å². The van der Waals surface area contributed by atoms with Gasteiger partial charge in [0, 0.05) is 86.3 Å². The molecular weight excluding hydrogens is 1740 g/mol. The van der Waals surface area contributed by atoms with E-state index in [0.29, 0.717) is 61.0 Å². The highest BCUT2D eigenvalue weighted by molar-refractivity contribution is 7.49. The van der Waals surface area contributed by atoms with Gasteiger partial charge in [-0.25, -0.2) is 28.6 Å². The lowest BCUT2D eigenvalue weighted by Crippen LogP contribution is -2.45. The first-order valence-electron chi connectivity index (χ1n) is 40.3. The Balaban J connectivity index is 0.000000165. The van der Waals surface area contributed by atoms with E-state index in [-0.39, 0.29) is 145 Å². The number of anilines is 3. The summed E-state index contributed by atoms with van der Waals surface area (Å²) in [6.07, 6.45) is 15.0. The normalized spacial score (nSPS) is 26.3. The van der Waals surface area contributed by atoms with E-state index in [1.807, 2.05) is 23.4 Å². The second-order valence-electron chi connectivity index (χ2n) is 33.5. The lowest BCUT2D eigenvalue weighted by atomic mass is 10.0. The van der Waals surface area contributed by atoms with Gasteiger partial charge in [0.05, 0.1) is 118 Å². The lowest BCUT2D eigenvalue weighted by Gasteiger charge is -2.40. The van der Waals surface area contributed by atoms with Gasteiger partial charge in [0.1, 0.15) is 5.75 Å². The fourth-order valence-electron chi connectivity index (χ4n) is 14.7. The molecule has 6 aliphatic rings. The smallest absolute Gasteiger partial charge is 0.413 e. The van der Waals surface area contributed by atoms with Gasteiger partial charge in [0.2, 0.25) is 17.8 Å². The summed E-state index contributed by atoms with van der Waals surface area (Å²) < 4.78 is 108. The van der Waals surface area contributed by atoms with Gasteiger partial charge in [-0.2, -0.15) is 15.0 Å². The zero-order valence-corrected chi connectivity index (χ0v) is 77.0. The van der Waals surface area contributed by atoms with Crippen molar-refractivity contribution >= 4 is 106 Å². The molecule has 16 atom stereocenters. The number of rotatable bonds is 20. The van der Waals surface area contributed by atoms with E-state index in [0.717, 1.165) is 27.8 Å². The topological polar surface area (TPSA) is 544 Å². The average molecular weight is 1850 g/mol. The minimum Gasteiger partial charge on any atom is -0.413 e. The van der Waals surface area contributed by atoms with E-state index in [1.165, 1.54) is 30.6 Å². The third-order valence-electron chi connectivity index (χ3n) is 23.5. The quantitative estimate of drug-likeness (QED) is 0.0115. The number of aliphatic hydroxyl groups excluding tert-OH is 2. The highest BCUT2D eigenvalue weighted by Gasteiger charge is 2.51. The van der Waals surface area contributed by atoms with Crippen LogP contribution in [-0.4, -0.2) is 170 Å². The highest BCUT2D eigenvalue weighted by atomic mass is 31.2. The maximum Gasteiger partial charge on any atom is 0.530 e. The standard InChI is InChI=1S/C26H37N6O6PSi.C20H23N6O6P.C18H29N5O3Si.C14H13N2O6P.CH5P.CH4/c1-16-18(14-36-39(34)35-12-9-20(37-39)17-7-10-28-11-8-17)21(38-40(5,6)26(2,3)4)13-19(16)32-15-29-22-23(32)30-25(27)31-24(22)33;1-11-13(9-31-33(29)30-7-4-16(32-33)12-2-5-22-6-3-12)15(27)8-14(11)26-10-23-17-18(26)24-20(21)25-19(17)28;1-10-11(8-24)13(26-27(5,6)18(2,3)4)7-12(10)23-9-20-14-15(23)21-17(19)22-16(14)25;17-16(18)12-1-3-13(4-2-12)21-23(19)20-10-7-14(22-23)11-5-8-15-9-6-11;1-2;/h7-8,10-11,15,18-21H,1,9,12-14H2,2-6H3,(H3,27,30,31,33);2-3,5-6,10,13-16,27H,1,4,7-9H2,(H3,21,24,25,28);9,11-13,24H,1,7-8H2,2-6H3,(H3,19,21,22,25);1-6,8-9,14H,7,10H2;2H2,1H3;1H4/t18-,19?,20+,21-,39-;13-,14?,15-,16+,33-;11-,12?,13-;14-,23?;;/m0001../s1. The van der Waals surface area contributed by atoms with Crippen LogP contribution in [0.25, 0.3) is 33.5 Å². The van der Waals surface area contributed by atoms with Gasteiger partial charge in [0.15, 0.2) is 50.1 Å². The molecule has 0 radical (unpaired) electrons. The minimum atomic E-state index is -3.86. The van der Waals surface area contributed by atoms with Crippen molar-refractivity contribution in [1.29, 1.82) is 0 Å². The number of phosphoric acid groups is 3. The van der Waals surface area contributed by atoms with Gasteiger partial charge in [-0.05, 0) is 137 Å².